The van der Waals surface area contributed by atoms with E-state index in [9.17, 15) is 9.59 Å². The van der Waals surface area contributed by atoms with E-state index in [1.54, 1.807) is 24.3 Å². The van der Waals surface area contributed by atoms with Gasteiger partial charge in [0, 0.05) is 18.0 Å². The summed E-state index contributed by atoms with van der Waals surface area (Å²) in [5, 5.41) is 18.6. The Morgan fingerprint density at radius 2 is 2.20 bits per heavy atom. The lowest BCUT2D eigenvalue weighted by molar-refractivity contribution is 0.0922. The maximum atomic E-state index is 12.2. The number of para-hydroxylation sites is 1. The molecule has 0 aliphatic carbocycles. The Bertz CT molecular complexity index is 666. The average Bonchev–Trinajstić information content (AvgIpc) is 2.47. The molecule has 0 spiro atoms. The second-order valence-corrected chi connectivity index (χ2v) is 4.54. The SMILES string of the molecule is CCC(CCO)NC(=O)c1n[nH]c2ccccc2c1=O. The fourth-order valence-electron chi connectivity index (χ4n) is 2.01. The van der Waals surface area contributed by atoms with E-state index in [0.717, 1.165) is 0 Å². The number of carbonyl (C=O) groups excluding carboxylic acids is 1. The van der Waals surface area contributed by atoms with Crippen LogP contribution in [0.3, 0.4) is 0 Å². The molecule has 0 radical (unpaired) electrons. The third-order valence-corrected chi connectivity index (χ3v) is 3.20. The van der Waals surface area contributed by atoms with Crippen molar-refractivity contribution in [1.29, 1.82) is 0 Å². The number of aromatic nitrogens is 2. The van der Waals surface area contributed by atoms with Crippen molar-refractivity contribution in [3.05, 3.63) is 40.2 Å². The summed E-state index contributed by atoms with van der Waals surface area (Å²) in [5.74, 6) is -0.516. The predicted octanol–water partition coefficient (Wildman–Crippen LogP) is 0.814. The molecule has 1 unspecified atom stereocenters. The van der Waals surface area contributed by atoms with Crippen LogP contribution in [-0.2, 0) is 0 Å². The van der Waals surface area contributed by atoms with Crippen molar-refractivity contribution in [1.82, 2.24) is 15.5 Å². The van der Waals surface area contributed by atoms with Crippen molar-refractivity contribution in [3.63, 3.8) is 0 Å². The van der Waals surface area contributed by atoms with Crippen LogP contribution >= 0.6 is 0 Å². The van der Waals surface area contributed by atoms with Crippen LogP contribution in [-0.4, -0.2) is 33.9 Å². The molecule has 1 heterocycles. The zero-order valence-electron chi connectivity index (χ0n) is 11.2. The molecule has 0 fully saturated rings. The van der Waals surface area contributed by atoms with E-state index in [1.807, 2.05) is 6.92 Å². The van der Waals surface area contributed by atoms with Gasteiger partial charge in [0.15, 0.2) is 5.69 Å². The number of nitrogens with zero attached hydrogens (tertiary/aromatic N) is 1. The van der Waals surface area contributed by atoms with Crippen LogP contribution in [0.25, 0.3) is 10.9 Å². The minimum atomic E-state index is -0.516. The minimum absolute atomic E-state index is 0.0136. The fourth-order valence-corrected chi connectivity index (χ4v) is 2.01. The largest absolute Gasteiger partial charge is 0.396 e. The lowest BCUT2D eigenvalue weighted by atomic mass is 10.1. The van der Waals surface area contributed by atoms with Crippen molar-refractivity contribution < 1.29 is 9.90 Å². The van der Waals surface area contributed by atoms with Crippen LogP contribution in [0.15, 0.2) is 29.1 Å². The number of benzene rings is 1. The van der Waals surface area contributed by atoms with Gasteiger partial charge in [0.25, 0.3) is 5.91 Å². The van der Waals surface area contributed by atoms with E-state index in [0.29, 0.717) is 23.7 Å². The maximum absolute atomic E-state index is 12.2. The van der Waals surface area contributed by atoms with E-state index >= 15 is 0 Å². The lowest BCUT2D eigenvalue weighted by Gasteiger charge is -2.14. The van der Waals surface area contributed by atoms with Crippen LogP contribution in [0.1, 0.15) is 30.3 Å². The summed E-state index contributed by atoms with van der Waals surface area (Å²) < 4.78 is 0. The first-order valence-electron chi connectivity index (χ1n) is 6.56. The summed E-state index contributed by atoms with van der Waals surface area (Å²) in [4.78, 5) is 24.3. The summed E-state index contributed by atoms with van der Waals surface area (Å²) in [6.45, 7) is 1.89. The number of amides is 1. The summed E-state index contributed by atoms with van der Waals surface area (Å²) in [6.07, 6.45) is 1.13. The second kappa shape index (κ2) is 6.29. The van der Waals surface area contributed by atoms with Gasteiger partial charge in [-0.25, -0.2) is 0 Å². The highest BCUT2D eigenvalue weighted by molar-refractivity contribution is 5.95. The molecule has 1 atom stereocenters. The van der Waals surface area contributed by atoms with Gasteiger partial charge in [-0.3, -0.25) is 14.7 Å². The normalized spacial score (nSPS) is 12.3. The standard InChI is InChI=1S/C14H17N3O3/c1-2-9(7-8-18)15-14(20)12-13(19)10-5-3-4-6-11(10)16-17-12/h3-6,9,18H,2,7-8H2,1H3,(H,15,20)(H,16,19). The highest BCUT2D eigenvalue weighted by Crippen LogP contribution is 2.05. The van der Waals surface area contributed by atoms with E-state index in [4.69, 9.17) is 5.11 Å². The summed E-state index contributed by atoms with van der Waals surface area (Å²) in [6, 6.07) is 6.73. The highest BCUT2D eigenvalue weighted by atomic mass is 16.3. The number of rotatable bonds is 5. The summed E-state index contributed by atoms with van der Waals surface area (Å²) in [7, 11) is 0. The number of fused-ring (bicyclic) bond motifs is 1. The van der Waals surface area contributed by atoms with Gasteiger partial charge < -0.3 is 10.4 Å². The van der Waals surface area contributed by atoms with Gasteiger partial charge in [-0.1, -0.05) is 19.1 Å². The molecular formula is C14H17N3O3. The molecule has 0 aliphatic heterocycles. The third-order valence-electron chi connectivity index (χ3n) is 3.20. The molecule has 20 heavy (non-hydrogen) atoms. The predicted molar refractivity (Wildman–Crippen MR) is 75.6 cm³/mol. The Labute approximate surface area is 115 Å². The van der Waals surface area contributed by atoms with E-state index in [-0.39, 0.29) is 18.3 Å². The molecule has 6 nitrogen and oxygen atoms in total. The Balaban J connectivity index is 2.31. The zero-order valence-corrected chi connectivity index (χ0v) is 11.2. The van der Waals surface area contributed by atoms with Gasteiger partial charge in [0.1, 0.15) is 0 Å². The topological polar surface area (TPSA) is 95.1 Å². The number of H-pyrrole nitrogens is 1. The molecule has 0 bridgehead atoms. The summed E-state index contributed by atoms with van der Waals surface area (Å²) >= 11 is 0. The van der Waals surface area contributed by atoms with Crippen molar-refractivity contribution >= 4 is 16.8 Å². The first-order valence-corrected chi connectivity index (χ1v) is 6.56. The first-order chi connectivity index (χ1) is 9.67. The highest BCUT2D eigenvalue weighted by Gasteiger charge is 2.17. The van der Waals surface area contributed by atoms with Gasteiger partial charge in [0.2, 0.25) is 5.43 Å². The number of aromatic amines is 1. The molecule has 0 saturated carbocycles. The van der Waals surface area contributed by atoms with E-state index < -0.39 is 11.3 Å². The number of carbonyl (C=O) groups is 1. The molecule has 2 aromatic rings. The molecule has 1 amide bonds. The van der Waals surface area contributed by atoms with E-state index in [2.05, 4.69) is 15.5 Å². The van der Waals surface area contributed by atoms with Crippen LogP contribution in [0.5, 0.6) is 0 Å². The number of hydrogen-bond acceptors (Lipinski definition) is 4. The Hall–Kier alpha value is -2.21. The smallest absolute Gasteiger partial charge is 0.276 e. The molecule has 6 heteroatoms. The number of aliphatic hydroxyl groups excluding tert-OH is 1. The fraction of sp³-hybridized carbons (Fsp3) is 0.357. The van der Waals surface area contributed by atoms with Gasteiger partial charge in [-0.05, 0) is 25.0 Å². The average molecular weight is 275 g/mol. The molecule has 1 aromatic carbocycles. The van der Waals surface area contributed by atoms with Crippen LogP contribution in [0.2, 0.25) is 0 Å². The van der Waals surface area contributed by atoms with Gasteiger partial charge in [-0.2, -0.15) is 5.10 Å². The number of aliphatic hydroxyl groups is 1. The summed E-state index contributed by atoms with van der Waals surface area (Å²) in [5.41, 5.74) is 0.0484. The molecular weight excluding hydrogens is 258 g/mol. The molecule has 3 N–H and O–H groups in total. The lowest BCUT2D eigenvalue weighted by Crippen LogP contribution is -2.38. The van der Waals surface area contributed by atoms with Gasteiger partial charge in [0.05, 0.1) is 5.52 Å². The molecule has 0 saturated heterocycles. The first kappa shape index (κ1) is 14.2. The quantitative estimate of drug-likeness (QED) is 0.752. The maximum Gasteiger partial charge on any atom is 0.276 e. The molecule has 0 aliphatic rings. The van der Waals surface area contributed by atoms with Crippen LogP contribution in [0.4, 0.5) is 0 Å². The van der Waals surface area contributed by atoms with Crippen molar-refractivity contribution in [2.45, 2.75) is 25.8 Å². The van der Waals surface area contributed by atoms with Crippen LogP contribution < -0.4 is 10.7 Å². The van der Waals surface area contributed by atoms with Gasteiger partial charge in [-0.15, -0.1) is 0 Å². The minimum Gasteiger partial charge on any atom is -0.396 e. The van der Waals surface area contributed by atoms with Crippen LogP contribution in [0, 0.1) is 0 Å². The Morgan fingerprint density at radius 1 is 1.45 bits per heavy atom. The molecule has 2 rings (SSSR count). The Kier molecular flexibility index (Phi) is 4.47. The Morgan fingerprint density at radius 3 is 2.90 bits per heavy atom. The third kappa shape index (κ3) is 2.85. The number of hydrogen-bond donors (Lipinski definition) is 3. The van der Waals surface area contributed by atoms with Crippen molar-refractivity contribution in [2.24, 2.45) is 0 Å². The van der Waals surface area contributed by atoms with Crippen molar-refractivity contribution in [3.8, 4) is 0 Å². The monoisotopic (exact) mass is 275 g/mol. The van der Waals surface area contributed by atoms with E-state index in [1.165, 1.54) is 0 Å². The number of nitrogens with one attached hydrogen (secondary N) is 2. The second-order valence-electron chi connectivity index (χ2n) is 4.54. The van der Waals surface area contributed by atoms with Gasteiger partial charge >= 0.3 is 0 Å². The van der Waals surface area contributed by atoms with Crippen molar-refractivity contribution in [2.75, 3.05) is 6.61 Å². The molecule has 106 valence electrons. The zero-order chi connectivity index (χ0) is 14.5. The molecule has 1 aromatic heterocycles.